The van der Waals surface area contributed by atoms with Gasteiger partial charge in [-0.3, -0.25) is 14.3 Å². The van der Waals surface area contributed by atoms with Crippen LogP contribution in [-0.4, -0.2) is 46.9 Å². The summed E-state index contributed by atoms with van der Waals surface area (Å²) >= 11 is 0.917. The number of rotatable bonds is 10. The van der Waals surface area contributed by atoms with Gasteiger partial charge in [-0.25, -0.2) is 18.4 Å². The Morgan fingerprint density at radius 2 is 1.92 bits per heavy atom. The normalized spacial score (nSPS) is 14.6. The van der Waals surface area contributed by atoms with Gasteiger partial charge in [0.25, 0.3) is 0 Å². The van der Waals surface area contributed by atoms with E-state index in [1.807, 2.05) is 36.4 Å². The fourth-order valence-corrected chi connectivity index (χ4v) is 5.34. The SMILES string of the molecule is CC(=O)SCC(=O)c1ccc(NS(=O)(=O)C2C=Cc3nc(OCCc4ccccc4)ccc3C2)nc1. The molecule has 10 heteroatoms. The first-order valence-electron chi connectivity index (χ1n) is 11.3. The topological polar surface area (TPSA) is 115 Å². The second-order valence-corrected chi connectivity index (χ2v) is 11.2. The maximum atomic E-state index is 12.9. The first kappa shape index (κ1) is 25.6. The van der Waals surface area contributed by atoms with Gasteiger partial charge < -0.3 is 4.74 Å². The Kier molecular flexibility index (Phi) is 8.17. The molecule has 0 aliphatic heterocycles. The monoisotopic (exact) mass is 523 g/mol. The minimum absolute atomic E-state index is 0.0161. The van der Waals surface area contributed by atoms with Gasteiger partial charge in [0.05, 0.1) is 18.1 Å². The summed E-state index contributed by atoms with van der Waals surface area (Å²) in [5.74, 6) is 0.377. The van der Waals surface area contributed by atoms with Crippen LogP contribution in [0.2, 0.25) is 0 Å². The standard InChI is InChI=1S/C26H25N3O5S2/c1-18(30)35-17-24(31)21-7-11-25(27-16-21)29-36(32,33)22-9-10-23-20(15-22)8-12-26(28-23)34-14-13-19-5-3-2-4-6-19/h2-12,16,22H,13-15,17H2,1H3,(H,27,29). The molecule has 36 heavy (non-hydrogen) atoms. The van der Waals surface area contributed by atoms with Gasteiger partial charge in [0.2, 0.25) is 15.9 Å². The van der Waals surface area contributed by atoms with Crippen LogP contribution in [0.3, 0.4) is 0 Å². The number of anilines is 1. The molecule has 1 aliphatic carbocycles. The van der Waals surface area contributed by atoms with Crippen LogP contribution in [0, 0.1) is 0 Å². The van der Waals surface area contributed by atoms with Crippen molar-refractivity contribution in [2.75, 3.05) is 17.1 Å². The van der Waals surface area contributed by atoms with Crippen LogP contribution in [-0.2, 0) is 27.7 Å². The maximum absolute atomic E-state index is 12.9. The van der Waals surface area contributed by atoms with Crippen LogP contribution < -0.4 is 9.46 Å². The number of benzene rings is 1. The largest absolute Gasteiger partial charge is 0.477 e. The number of thioether (sulfide) groups is 1. The van der Waals surface area contributed by atoms with Gasteiger partial charge in [0.1, 0.15) is 11.1 Å². The summed E-state index contributed by atoms with van der Waals surface area (Å²) in [5.41, 5.74) is 2.98. The number of nitrogens with zero attached hydrogens (tertiary/aromatic N) is 2. The number of aromatic nitrogens is 2. The van der Waals surface area contributed by atoms with Crippen LogP contribution in [0.15, 0.2) is 66.9 Å². The molecule has 2 aromatic heterocycles. The lowest BCUT2D eigenvalue weighted by atomic mass is 10.0. The molecule has 0 bridgehead atoms. The minimum atomic E-state index is -3.78. The highest BCUT2D eigenvalue weighted by Gasteiger charge is 2.27. The van der Waals surface area contributed by atoms with Crippen molar-refractivity contribution in [3.63, 3.8) is 0 Å². The van der Waals surface area contributed by atoms with Gasteiger partial charge in [0.15, 0.2) is 10.9 Å². The molecule has 1 atom stereocenters. The first-order chi connectivity index (χ1) is 17.3. The third-order valence-electron chi connectivity index (χ3n) is 5.50. The molecule has 0 radical (unpaired) electrons. The number of carbonyl (C=O) groups excluding carboxylic acids is 2. The van der Waals surface area contributed by atoms with Crippen molar-refractivity contribution in [3.05, 3.63) is 89.3 Å². The molecule has 2 heterocycles. The van der Waals surface area contributed by atoms with Gasteiger partial charge in [0, 0.05) is 31.2 Å². The Morgan fingerprint density at radius 1 is 1.11 bits per heavy atom. The van der Waals surface area contributed by atoms with Crippen LogP contribution in [0.1, 0.15) is 34.1 Å². The summed E-state index contributed by atoms with van der Waals surface area (Å²) in [5, 5.41) is -0.948. The van der Waals surface area contributed by atoms with Crippen molar-refractivity contribution < 1.29 is 22.7 Å². The predicted molar refractivity (Wildman–Crippen MR) is 141 cm³/mol. The van der Waals surface area contributed by atoms with Crippen LogP contribution in [0.25, 0.3) is 6.08 Å². The van der Waals surface area contributed by atoms with E-state index >= 15 is 0 Å². The Balaban J connectivity index is 1.35. The maximum Gasteiger partial charge on any atom is 0.240 e. The van der Waals surface area contributed by atoms with Crippen molar-refractivity contribution in [2.45, 2.75) is 25.0 Å². The number of hydrogen-bond donors (Lipinski definition) is 1. The number of pyridine rings is 2. The fourth-order valence-electron chi connectivity index (χ4n) is 3.59. The van der Waals surface area contributed by atoms with E-state index in [0.717, 1.165) is 23.7 Å². The molecule has 1 aliphatic rings. The van der Waals surface area contributed by atoms with E-state index in [2.05, 4.69) is 14.7 Å². The van der Waals surface area contributed by atoms with Gasteiger partial charge >= 0.3 is 0 Å². The van der Waals surface area contributed by atoms with E-state index in [9.17, 15) is 18.0 Å². The highest BCUT2D eigenvalue weighted by Crippen LogP contribution is 2.25. The van der Waals surface area contributed by atoms with E-state index < -0.39 is 15.3 Å². The van der Waals surface area contributed by atoms with Crippen molar-refractivity contribution in [3.8, 4) is 5.88 Å². The fraction of sp³-hybridized carbons (Fsp3) is 0.231. The summed E-state index contributed by atoms with van der Waals surface area (Å²) in [6.07, 6.45) is 5.62. The Bertz CT molecular complexity index is 1370. The second-order valence-electron chi connectivity index (χ2n) is 8.16. The summed E-state index contributed by atoms with van der Waals surface area (Å²) in [7, 11) is -3.78. The molecule has 8 nitrogen and oxygen atoms in total. The second kappa shape index (κ2) is 11.5. The van der Waals surface area contributed by atoms with Gasteiger partial charge in [-0.2, -0.15) is 0 Å². The molecule has 1 unspecified atom stereocenters. The molecule has 4 rings (SSSR count). The zero-order valence-corrected chi connectivity index (χ0v) is 21.2. The lowest BCUT2D eigenvalue weighted by molar-refractivity contribution is -0.109. The van der Waals surface area contributed by atoms with Crippen molar-refractivity contribution in [1.82, 2.24) is 9.97 Å². The molecular weight excluding hydrogens is 498 g/mol. The number of carbonyl (C=O) groups is 2. The highest BCUT2D eigenvalue weighted by atomic mass is 32.2. The molecule has 0 saturated carbocycles. The van der Waals surface area contributed by atoms with E-state index in [1.165, 1.54) is 30.8 Å². The van der Waals surface area contributed by atoms with Crippen LogP contribution >= 0.6 is 11.8 Å². The van der Waals surface area contributed by atoms with Gasteiger partial charge in [-0.15, -0.1) is 0 Å². The Morgan fingerprint density at radius 3 is 2.64 bits per heavy atom. The average Bonchev–Trinajstić information content (AvgIpc) is 2.87. The van der Waals surface area contributed by atoms with E-state index in [-0.39, 0.29) is 28.9 Å². The van der Waals surface area contributed by atoms with Crippen molar-refractivity contribution in [1.29, 1.82) is 0 Å². The number of sulfonamides is 1. The molecule has 1 aromatic carbocycles. The molecule has 1 N–H and O–H groups in total. The third kappa shape index (κ3) is 6.79. The lowest BCUT2D eigenvalue weighted by Crippen LogP contribution is -2.30. The zero-order valence-electron chi connectivity index (χ0n) is 19.6. The molecule has 3 aromatic rings. The number of ketones is 1. The molecular formula is C26H25N3O5S2. The van der Waals surface area contributed by atoms with Gasteiger partial charge in [-0.05, 0) is 35.8 Å². The number of ether oxygens (including phenoxy) is 1. The summed E-state index contributed by atoms with van der Waals surface area (Å²) in [4.78, 5) is 31.7. The van der Waals surface area contributed by atoms with Crippen molar-refractivity contribution in [2.24, 2.45) is 0 Å². The number of Topliss-reactive ketones (excluding diaryl/α,β-unsaturated/α-hetero) is 1. The first-order valence-corrected chi connectivity index (χ1v) is 13.8. The van der Waals surface area contributed by atoms with E-state index in [0.29, 0.717) is 23.7 Å². The average molecular weight is 524 g/mol. The molecule has 0 fully saturated rings. The smallest absolute Gasteiger partial charge is 0.240 e. The van der Waals surface area contributed by atoms with Crippen LogP contribution in [0.4, 0.5) is 5.82 Å². The van der Waals surface area contributed by atoms with Gasteiger partial charge in [-0.1, -0.05) is 54.2 Å². The zero-order chi connectivity index (χ0) is 25.5. The summed E-state index contributed by atoms with van der Waals surface area (Å²) in [6.45, 7) is 1.88. The summed E-state index contributed by atoms with van der Waals surface area (Å²) < 4.78 is 34.2. The molecule has 186 valence electrons. The van der Waals surface area contributed by atoms with Crippen molar-refractivity contribution >= 4 is 44.6 Å². The predicted octanol–water partition coefficient (Wildman–Crippen LogP) is 3.94. The quantitative estimate of drug-likeness (QED) is 0.398. The number of hydrogen-bond acceptors (Lipinski definition) is 8. The van der Waals surface area contributed by atoms with Crippen LogP contribution in [0.5, 0.6) is 5.88 Å². The Labute approximate surface area is 214 Å². The molecule has 0 spiro atoms. The van der Waals surface area contributed by atoms with E-state index in [1.54, 1.807) is 18.2 Å². The van der Waals surface area contributed by atoms with E-state index in [4.69, 9.17) is 4.74 Å². The number of nitrogens with one attached hydrogen (secondary N) is 1. The highest BCUT2D eigenvalue weighted by molar-refractivity contribution is 8.14. The Hall–Kier alpha value is -3.50. The minimum Gasteiger partial charge on any atom is -0.477 e. The summed E-state index contributed by atoms with van der Waals surface area (Å²) in [6, 6.07) is 16.5. The molecule has 0 amide bonds. The number of fused-ring (bicyclic) bond motifs is 1. The third-order valence-corrected chi connectivity index (χ3v) is 7.93. The molecule has 0 saturated heterocycles. The lowest BCUT2D eigenvalue weighted by Gasteiger charge is -2.20.